The average Bonchev–Trinajstić information content (AvgIpc) is 2.95. The Morgan fingerprint density at radius 3 is 3.12 bits per heavy atom. The molecule has 1 fully saturated rings. The minimum Gasteiger partial charge on any atom is -0.338 e. The Morgan fingerprint density at radius 1 is 1.24 bits per heavy atom. The van der Waals surface area contributed by atoms with Crippen molar-refractivity contribution < 1.29 is 0 Å². The van der Waals surface area contributed by atoms with Crippen molar-refractivity contribution >= 4 is 5.95 Å². The van der Waals surface area contributed by atoms with Gasteiger partial charge in [-0.25, -0.2) is 0 Å². The van der Waals surface area contributed by atoms with Crippen LogP contribution in [-0.4, -0.2) is 51.6 Å². The van der Waals surface area contributed by atoms with Gasteiger partial charge in [-0.15, -0.1) is 5.10 Å². The second kappa shape index (κ2) is 4.54. The number of hydrogen-bond donors (Lipinski definition) is 3. The average molecular weight is 233 g/mol. The minimum absolute atomic E-state index is 0.756. The molecule has 1 aliphatic heterocycles. The Balaban J connectivity index is 1.79. The van der Waals surface area contributed by atoms with Crippen molar-refractivity contribution in [3.8, 4) is 11.4 Å². The lowest BCUT2D eigenvalue weighted by molar-refractivity contribution is 0.724. The van der Waals surface area contributed by atoms with E-state index in [-0.39, 0.29) is 0 Å². The third-order valence-electron chi connectivity index (χ3n) is 2.87. The van der Waals surface area contributed by atoms with Crippen LogP contribution in [0.15, 0.2) is 12.4 Å². The predicted octanol–water partition coefficient (Wildman–Crippen LogP) is -0.00550. The fourth-order valence-electron chi connectivity index (χ4n) is 1.95. The molecular weight excluding hydrogens is 218 g/mol. The highest BCUT2D eigenvalue weighted by Crippen LogP contribution is 2.16. The monoisotopic (exact) mass is 233 g/mol. The molecule has 3 rings (SSSR count). The molecule has 0 spiro atoms. The van der Waals surface area contributed by atoms with Gasteiger partial charge in [-0.2, -0.15) is 10.1 Å². The Bertz CT molecular complexity index is 453. The van der Waals surface area contributed by atoms with Crippen LogP contribution in [0.4, 0.5) is 5.95 Å². The Morgan fingerprint density at radius 2 is 2.24 bits per heavy atom. The fraction of sp³-hybridized carbons (Fsp3) is 0.500. The quantitative estimate of drug-likeness (QED) is 0.679. The van der Waals surface area contributed by atoms with Gasteiger partial charge in [0.25, 0.3) is 0 Å². The SMILES string of the molecule is c1n[nH]cc1-c1nc(N2CCCNCC2)n[nH]1. The summed E-state index contributed by atoms with van der Waals surface area (Å²) in [5, 5.41) is 17.2. The molecule has 3 heterocycles. The first-order chi connectivity index (χ1) is 8.43. The molecule has 0 radical (unpaired) electrons. The van der Waals surface area contributed by atoms with Crippen LogP contribution in [0, 0.1) is 0 Å². The van der Waals surface area contributed by atoms with Crippen molar-refractivity contribution in [1.29, 1.82) is 0 Å². The topological polar surface area (TPSA) is 85.5 Å². The minimum atomic E-state index is 0.756. The molecule has 1 aliphatic rings. The molecule has 0 aliphatic carbocycles. The molecule has 3 N–H and O–H groups in total. The van der Waals surface area contributed by atoms with Gasteiger partial charge in [-0.05, 0) is 13.0 Å². The first-order valence-electron chi connectivity index (χ1n) is 5.81. The number of nitrogens with zero attached hydrogens (tertiary/aromatic N) is 4. The van der Waals surface area contributed by atoms with Gasteiger partial charge in [0, 0.05) is 25.8 Å². The lowest BCUT2D eigenvalue weighted by Gasteiger charge is -2.16. The van der Waals surface area contributed by atoms with Crippen LogP contribution in [0.3, 0.4) is 0 Å². The summed E-state index contributed by atoms with van der Waals surface area (Å²) in [6, 6.07) is 0. The van der Waals surface area contributed by atoms with Gasteiger partial charge in [-0.1, -0.05) is 0 Å². The standard InChI is InChI=1S/C10H15N7/c1-2-11-3-5-17(4-1)10-14-9(15-16-10)8-6-12-13-7-8/h6-7,11H,1-5H2,(H,12,13)(H,14,15,16). The van der Waals surface area contributed by atoms with Gasteiger partial charge in [0.1, 0.15) is 0 Å². The lowest BCUT2D eigenvalue weighted by atomic mass is 10.3. The lowest BCUT2D eigenvalue weighted by Crippen LogP contribution is -2.28. The maximum absolute atomic E-state index is 4.49. The number of rotatable bonds is 2. The van der Waals surface area contributed by atoms with Gasteiger partial charge in [0.05, 0.1) is 11.8 Å². The highest BCUT2D eigenvalue weighted by atomic mass is 15.4. The summed E-state index contributed by atoms with van der Waals surface area (Å²) < 4.78 is 0. The number of nitrogens with one attached hydrogen (secondary N) is 3. The van der Waals surface area contributed by atoms with Crippen LogP contribution in [0.2, 0.25) is 0 Å². The highest BCUT2D eigenvalue weighted by Gasteiger charge is 2.14. The molecule has 0 bridgehead atoms. The van der Waals surface area contributed by atoms with Gasteiger partial charge >= 0.3 is 0 Å². The van der Waals surface area contributed by atoms with Gasteiger partial charge in [-0.3, -0.25) is 10.2 Å². The van der Waals surface area contributed by atoms with Gasteiger partial charge in [0.2, 0.25) is 5.95 Å². The number of aromatic nitrogens is 5. The summed E-state index contributed by atoms with van der Waals surface area (Å²) in [4.78, 5) is 6.68. The van der Waals surface area contributed by atoms with Crippen molar-refractivity contribution in [3.05, 3.63) is 12.4 Å². The van der Waals surface area contributed by atoms with Crippen molar-refractivity contribution in [3.63, 3.8) is 0 Å². The van der Waals surface area contributed by atoms with E-state index < -0.39 is 0 Å². The van der Waals surface area contributed by atoms with Crippen LogP contribution in [0.5, 0.6) is 0 Å². The predicted molar refractivity (Wildman–Crippen MR) is 63.7 cm³/mol. The number of H-pyrrole nitrogens is 2. The zero-order valence-corrected chi connectivity index (χ0v) is 9.48. The Hall–Kier alpha value is -1.89. The molecule has 0 saturated carbocycles. The molecule has 2 aromatic rings. The molecule has 2 aromatic heterocycles. The number of aromatic amines is 2. The van der Waals surface area contributed by atoms with Crippen LogP contribution < -0.4 is 10.2 Å². The van der Waals surface area contributed by atoms with E-state index in [1.807, 2.05) is 0 Å². The molecule has 0 unspecified atom stereocenters. The van der Waals surface area contributed by atoms with E-state index in [0.29, 0.717) is 0 Å². The first-order valence-corrected chi connectivity index (χ1v) is 5.81. The van der Waals surface area contributed by atoms with E-state index in [1.165, 1.54) is 0 Å². The van der Waals surface area contributed by atoms with Crippen LogP contribution in [0.25, 0.3) is 11.4 Å². The largest absolute Gasteiger partial charge is 0.338 e. The van der Waals surface area contributed by atoms with E-state index in [0.717, 1.165) is 49.9 Å². The third kappa shape index (κ3) is 2.14. The smallest absolute Gasteiger partial charge is 0.245 e. The zero-order chi connectivity index (χ0) is 11.5. The number of anilines is 1. The summed E-state index contributed by atoms with van der Waals surface area (Å²) >= 11 is 0. The molecule has 90 valence electrons. The fourth-order valence-corrected chi connectivity index (χ4v) is 1.95. The summed E-state index contributed by atoms with van der Waals surface area (Å²) in [5.74, 6) is 1.52. The zero-order valence-electron chi connectivity index (χ0n) is 9.48. The molecule has 0 amide bonds. The second-order valence-electron chi connectivity index (χ2n) is 4.06. The van der Waals surface area contributed by atoms with E-state index in [4.69, 9.17) is 0 Å². The Labute approximate surface area is 98.6 Å². The van der Waals surface area contributed by atoms with E-state index in [9.17, 15) is 0 Å². The van der Waals surface area contributed by atoms with Crippen LogP contribution in [-0.2, 0) is 0 Å². The molecule has 17 heavy (non-hydrogen) atoms. The van der Waals surface area contributed by atoms with Crippen molar-refractivity contribution in [1.82, 2.24) is 30.7 Å². The molecule has 1 saturated heterocycles. The molecule has 0 aromatic carbocycles. The summed E-state index contributed by atoms with van der Waals surface area (Å²) in [5.41, 5.74) is 0.927. The van der Waals surface area contributed by atoms with Crippen LogP contribution >= 0.6 is 0 Å². The van der Waals surface area contributed by atoms with Crippen molar-refractivity contribution in [2.45, 2.75) is 6.42 Å². The summed E-state index contributed by atoms with van der Waals surface area (Å²) in [6.45, 7) is 3.99. The molecule has 7 heteroatoms. The van der Waals surface area contributed by atoms with E-state index >= 15 is 0 Å². The second-order valence-corrected chi connectivity index (χ2v) is 4.06. The molecular formula is C10H15N7. The maximum atomic E-state index is 4.49. The molecule has 0 atom stereocenters. The van der Waals surface area contributed by atoms with Gasteiger partial charge in [0.15, 0.2) is 5.82 Å². The maximum Gasteiger partial charge on any atom is 0.245 e. The normalized spacial score (nSPS) is 17.1. The third-order valence-corrected chi connectivity index (χ3v) is 2.87. The Kier molecular flexibility index (Phi) is 2.74. The number of hydrogen-bond acceptors (Lipinski definition) is 5. The van der Waals surface area contributed by atoms with E-state index in [1.54, 1.807) is 12.4 Å². The summed E-state index contributed by atoms with van der Waals surface area (Å²) in [6.07, 6.45) is 4.65. The first kappa shape index (κ1) is 10.3. The highest BCUT2D eigenvalue weighted by molar-refractivity contribution is 5.53. The molecule has 7 nitrogen and oxygen atoms in total. The van der Waals surface area contributed by atoms with E-state index in [2.05, 4.69) is 35.6 Å². The van der Waals surface area contributed by atoms with Gasteiger partial charge < -0.3 is 10.2 Å². The van der Waals surface area contributed by atoms with Crippen molar-refractivity contribution in [2.24, 2.45) is 0 Å². The van der Waals surface area contributed by atoms with Crippen LogP contribution in [0.1, 0.15) is 6.42 Å². The van der Waals surface area contributed by atoms with Crippen molar-refractivity contribution in [2.75, 3.05) is 31.1 Å². The summed E-state index contributed by atoms with van der Waals surface area (Å²) in [7, 11) is 0.